The summed E-state index contributed by atoms with van der Waals surface area (Å²) in [7, 11) is 0. The van der Waals surface area contributed by atoms with Crippen molar-refractivity contribution in [2.75, 3.05) is 0 Å². The number of aryl methyl sites for hydroxylation is 1. The van der Waals surface area contributed by atoms with Crippen LogP contribution in [0.1, 0.15) is 50.0 Å². The average molecular weight is 340 g/mol. The van der Waals surface area contributed by atoms with Gasteiger partial charge in [0.05, 0.1) is 10.7 Å². The van der Waals surface area contributed by atoms with Gasteiger partial charge in [-0.2, -0.15) is 5.10 Å². The third kappa shape index (κ3) is 2.41. The van der Waals surface area contributed by atoms with Crippen molar-refractivity contribution in [3.63, 3.8) is 0 Å². The highest BCUT2D eigenvalue weighted by molar-refractivity contribution is 9.10. The summed E-state index contributed by atoms with van der Waals surface area (Å²) >= 11 is 3.42. The van der Waals surface area contributed by atoms with Crippen molar-refractivity contribution in [1.29, 1.82) is 0 Å². The summed E-state index contributed by atoms with van der Waals surface area (Å²) in [5, 5.41) is 7.40. The Labute approximate surface area is 128 Å². The lowest BCUT2D eigenvalue weighted by atomic mass is 9.84. The lowest BCUT2D eigenvalue weighted by molar-refractivity contribution is 0.0903. The number of hydrogen-bond acceptors (Lipinski definition) is 2. The third-order valence-corrected chi connectivity index (χ3v) is 5.68. The molecule has 2 bridgehead atoms. The van der Waals surface area contributed by atoms with Crippen LogP contribution in [0.2, 0.25) is 0 Å². The maximum atomic E-state index is 12.5. The monoisotopic (exact) mass is 339 g/mol. The first-order valence-corrected chi connectivity index (χ1v) is 8.41. The number of carbonyl (C=O) groups excluding carboxylic acids is 1. The van der Waals surface area contributed by atoms with Crippen molar-refractivity contribution in [3.05, 3.63) is 16.4 Å². The molecule has 0 aliphatic heterocycles. The molecule has 5 heteroatoms. The summed E-state index contributed by atoms with van der Waals surface area (Å²) in [6, 6.07) is 0.255. The molecule has 1 aromatic heterocycles. The number of nitrogens with one attached hydrogen (secondary N) is 1. The number of nitrogens with zero attached hydrogens (tertiary/aromatic N) is 2. The fraction of sp³-hybridized carbons (Fsp3) is 0.733. The molecular formula is C15H22BrN3O. The number of fused-ring (bicyclic) bond motifs is 2. The second-order valence-electron chi connectivity index (χ2n) is 6.26. The molecule has 2 aliphatic carbocycles. The van der Waals surface area contributed by atoms with E-state index in [0.717, 1.165) is 16.3 Å². The zero-order valence-electron chi connectivity index (χ0n) is 12.1. The summed E-state index contributed by atoms with van der Waals surface area (Å²) < 4.78 is 2.52. The Kier molecular flexibility index (Phi) is 3.89. The quantitative estimate of drug-likeness (QED) is 0.915. The Balaban J connectivity index is 1.68. The molecule has 0 unspecified atom stereocenters. The van der Waals surface area contributed by atoms with Gasteiger partial charge in [-0.3, -0.25) is 9.48 Å². The molecule has 0 aromatic carbocycles. The summed E-state index contributed by atoms with van der Waals surface area (Å²) in [6.45, 7) is 4.86. The van der Waals surface area contributed by atoms with Gasteiger partial charge >= 0.3 is 0 Å². The zero-order valence-corrected chi connectivity index (χ0v) is 13.7. The summed E-state index contributed by atoms with van der Waals surface area (Å²) in [5.74, 6) is 2.40. The minimum atomic E-state index is -0.00787. The Bertz CT molecular complexity index is 513. The van der Waals surface area contributed by atoms with Crippen LogP contribution >= 0.6 is 15.9 Å². The number of rotatable bonds is 4. The van der Waals surface area contributed by atoms with Crippen LogP contribution in [0.15, 0.2) is 10.7 Å². The second kappa shape index (κ2) is 5.51. The van der Waals surface area contributed by atoms with E-state index in [1.807, 2.05) is 6.92 Å². The Morgan fingerprint density at radius 2 is 2.35 bits per heavy atom. The molecule has 2 saturated carbocycles. The third-order valence-electron chi connectivity index (χ3n) is 5.10. The number of amides is 1. The molecule has 20 heavy (non-hydrogen) atoms. The predicted molar refractivity (Wildman–Crippen MR) is 81.5 cm³/mol. The van der Waals surface area contributed by atoms with Crippen LogP contribution in [-0.4, -0.2) is 21.7 Å². The SMILES string of the molecule is CCn1ncc(Br)c1C(=O)N[C@H](C)[C@H]1C[C@@H]2CC[C@@H]1C2. The van der Waals surface area contributed by atoms with E-state index in [0.29, 0.717) is 18.2 Å². The van der Waals surface area contributed by atoms with Gasteiger partial charge in [-0.25, -0.2) is 0 Å². The first-order valence-electron chi connectivity index (χ1n) is 7.62. The van der Waals surface area contributed by atoms with E-state index in [1.54, 1.807) is 10.9 Å². The van der Waals surface area contributed by atoms with E-state index < -0.39 is 0 Å². The number of hydrogen-bond donors (Lipinski definition) is 1. The van der Waals surface area contributed by atoms with Crippen molar-refractivity contribution in [2.45, 2.75) is 52.1 Å². The topological polar surface area (TPSA) is 46.9 Å². The van der Waals surface area contributed by atoms with Gasteiger partial charge in [-0.1, -0.05) is 6.42 Å². The van der Waals surface area contributed by atoms with Crippen LogP contribution in [0.3, 0.4) is 0 Å². The van der Waals surface area contributed by atoms with E-state index in [9.17, 15) is 4.79 Å². The minimum Gasteiger partial charge on any atom is -0.348 e. The van der Waals surface area contributed by atoms with Crippen LogP contribution in [0.5, 0.6) is 0 Å². The van der Waals surface area contributed by atoms with Gasteiger partial charge in [-0.15, -0.1) is 0 Å². The van der Waals surface area contributed by atoms with E-state index in [1.165, 1.54) is 25.7 Å². The number of halogens is 1. The second-order valence-corrected chi connectivity index (χ2v) is 7.11. The average Bonchev–Trinajstić information content (AvgIpc) is 3.12. The largest absolute Gasteiger partial charge is 0.348 e. The number of aromatic nitrogens is 2. The Morgan fingerprint density at radius 1 is 1.55 bits per heavy atom. The molecule has 4 atom stereocenters. The molecule has 1 heterocycles. The molecule has 3 rings (SSSR count). The maximum Gasteiger partial charge on any atom is 0.270 e. The Hall–Kier alpha value is -0.840. The van der Waals surface area contributed by atoms with Crippen molar-refractivity contribution < 1.29 is 4.79 Å². The smallest absolute Gasteiger partial charge is 0.270 e. The minimum absolute atomic E-state index is 0.00787. The summed E-state index contributed by atoms with van der Waals surface area (Å²) in [5.41, 5.74) is 0.641. The maximum absolute atomic E-state index is 12.5. The van der Waals surface area contributed by atoms with Gasteiger partial charge in [0.15, 0.2) is 0 Å². The normalized spacial score (nSPS) is 29.6. The molecule has 2 aliphatic rings. The van der Waals surface area contributed by atoms with Gasteiger partial charge in [0, 0.05) is 12.6 Å². The molecule has 110 valence electrons. The van der Waals surface area contributed by atoms with E-state index in [2.05, 4.69) is 33.3 Å². The van der Waals surface area contributed by atoms with Crippen LogP contribution in [0.4, 0.5) is 0 Å². The van der Waals surface area contributed by atoms with Crippen molar-refractivity contribution >= 4 is 21.8 Å². The zero-order chi connectivity index (χ0) is 14.3. The highest BCUT2D eigenvalue weighted by atomic mass is 79.9. The predicted octanol–water partition coefficient (Wildman–Crippen LogP) is 3.22. The first kappa shape index (κ1) is 14.1. The summed E-state index contributed by atoms with van der Waals surface area (Å²) in [4.78, 5) is 12.5. The lowest BCUT2D eigenvalue weighted by Crippen LogP contribution is -2.41. The van der Waals surface area contributed by atoms with Crippen molar-refractivity contribution in [2.24, 2.45) is 17.8 Å². The number of carbonyl (C=O) groups is 1. The highest BCUT2D eigenvalue weighted by Crippen LogP contribution is 2.49. The molecule has 0 spiro atoms. The molecule has 1 amide bonds. The van der Waals surface area contributed by atoms with Crippen LogP contribution in [-0.2, 0) is 6.54 Å². The molecule has 2 fully saturated rings. The molecule has 4 nitrogen and oxygen atoms in total. The van der Waals surface area contributed by atoms with Gasteiger partial charge in [0.2, 0.25) is 0 Å². The fourth-order valence-corrected chi connectivity index (χ4v) is 4.59. The van der Waals surface area contributed by atoms with Crippen LogP contribution < -0.4 is 5.32 Å². The standard InChI is InChI=1S/C15H22BrN3O/c1-3-19-14(13(16)8-17-19)15(20)18-9(2)12-7-10-4-5-11(12)6-10/h8-12H,3-7H2,1-2H3,(H,18,20)/t9-,10-,11-,12-/m1/s1. The summed E-state index contributed by atoms with van der Waals surface area (Å²) in [6.07, 6.45) is 7.12. The van der Waals surface area contributed by atoms with Crippen molar-refractivity contribution in [3.8, 4) is 0 Å². The van der Waals surface area contributed by atoms with Crippen LogP contribution in [0.25, 0.3) is 0 Å². The molecule has 1 aromatic rings. The lowest BCUT2D eigenvalue weighted by Gasteiger charge is -2.28. The highest BCUT2D eigenvalue weighted by Gasteiger charge is 2.42. The molecule has 1 N–H and O–H groups in total. The van der Waals surface area contributed by atoms with Crippen molar-refractivity contribution in [1.82, 2.24) is 15.1 Å². The molecule has 0 saturated heterocycles. The van der Waals surface area contributed by atoms with Gasteiger partial charge in [-0.05, 0) is 66.8 Å². The Morgan fingerprint density at radius 3 is 2.95 bits per heavy atom. The van der Waals surface area contributed by atoms with Gasteiger partial charge < -0.3 is 5.32 Å². The van der Waals surface area contributed by atoms with Gasteiger partial charge in [0.25, 0.3) is 5.91 Å². The van der Waals surface area contributed by atoms with Gasteiger partial charge in [0.1, 0.15) is 5.69 Å². The van der Waals surface area contributed by atoms with E-state index in [4.69, 9.17) is 0 Å². The fourth-order valence-electron chi connectivity index (χ4n) is 4.12. The van der Waals surface area contributed by atoms with E-state index >= 15 is 0 Å². The first-order chi connectivity index (χ1) is 9.60. The molecular weight excluding hydrogens is 318 g/mol. The van der Waals surface area contributed by atoms with Crippen LogP contribution in [0, 0.1) is 17.8 Å². The van der Waals surface area contributed by atoms with E-state index in [-0.39, 0.29) is 11.9 Å². The molecule has 0 radical (unpaired) electrons.